The van der Waals surface area contributed by atoms with Gasteiger partial charge in [-0.3, -0.25) is 0 Å². The van der Waals surface area contributed by atoms with Gasteiger partial charge >= 0.3 is 0 Å². The summed E-state index contributed by atoms with van der Waals surface area (Å²) in [7, 11) is 0. The fraction of sp³-hybridized carbons (Fsp3) is 0.121. The molecule has 7 nitrogen and oxygen atoms in total. The molecule has 206 valence electrons. The van der Waals surface area contributed by atoms with Crippen molar-refractivity contribution >= 4 is 22.7 Å². The Bertz CT molecular complexity index is 1720. The molecular weight excluding hydrogens is 530 g/mol. The first kappa shape index (κ1) is 28.7. The molecule has 4 aromatic rings. The van der Waals surface area contributed by atoms with Crippen LogP contribution in [0.15, 0.2) is 101 Å². The molecule has 0 fully saturated rings. The summed E-state index contributed by atoms with van der Waals surface area (Å²) in [6.45, 7) is 2.05. The number of terminal acetylenes is 1. The SMILES string of the molecule is C.C#CC1=C(N)Oc2cc(N)ccc2C1c1ccc(C)cc1.N#CC1=C(N)Oc2cc(N)ccc2C1c1cccs1. The van der Waals surface area contributed by atoms with E-state index < -0.39 is 0 Å². The van der Waals surface area contributed by atoms with Gasteiger partial charge in [0.1, 0.15) is 23.1 Å². The second-order valence-corrected chi connectivity index (χ2v) is 10.4. The Morgan fingerprint density at radius 3 is 1.85 bits per heavy atom. The number of nitrogens with two attached hydrogens (primary N) is 4. The number of nitrogen functional groups attached to an aromatic ring is 2. The van der Waals surface area contributed by atoms with Crippen LogP contribution in [0.25, 0.3) is 0 Å². The van der Waals surface area contributed by atoms with Crippen molar-refractivity contribution in [3.63, 3.8) is 0 Å². The van der Waals surface area contributed by atoms with E-state index in [1.54, 1.807) is 29.5 Å². The Morgan fingerprint density at radius 1 is 0.780 bits per heavy atom. The maximum absolute atomic E-state index is 9.32. The van der Waals surface area contributed by atoms with Gasteiger partial charge in [0.05, 0.1) is 17.4 Å². The number of allylic oxidation sites excluding steroid dienone is 2. The highest BCUT2D eigenvalue weighted by Crippen LogP contribution is 2.44. The van der Waals surface area contributed by atoms with Crippen LogP contribution in [0.2, 0.25) is 0 Å². The predicted molar refractivity (Wildman–Crippen MR) is 166 cm³/mol. The highest BCUT2D eigenvalue weighted by molar-refractivity contribution is 7.10. The van der Waals surface area contributed by atoms with E-state index in [2.05, 4.69) is 43.2 Å². The minimum atomic E-state index is -0.172. The number of ether oxygens (including phenoxy) is 2. The monoisotopic (exact) mass is 561 g/mol. The zero-order valence-corrected chi connectivity index (χ0v) is 22.5. The van der Waals surface area contributed by atoms with Gasteiger partial charge in [-0.25, -0.2) is 0 Å². The Morgan fingerprint density at radius 2 is 1.34 bits per heavy atom. The van der Waals surface area contributed by atoms with Gasteiger partial charge in [-0.1, -0.05) is 61.4 Å². The van der Waals surface area contributed by atoms with Crippen molar-refractivity contribution in [1.82, 2.24) is 0 Å². The number of benzene rings is 3. The van der Waals surface area contributed by atoms with E-state index in [9.17, 15) is 5.26 Å². The Hall–Kier alpha value is -5.31. The van der Waals surface area contributed by atoms with Crippen molar-refractivity contribution in [3.05, 3.63) is 128 Å². The standard InChI is InChI=1S/C18H16N2O.C14H11N3OS.CH4/c1-3-14-17(12-6-4-11(2)5-7-12)15-9-8-13(19)10-16(15)21-18(14)20;15-7-10-13(12-2-1-5-19-12)9-4-3-8(16)6-11(9)18-14(10)17;/h1,4-10,17H,19-20H2,2H3;1-6,13H,16-17H2;1H4. The molecule has 6 rings (SSSR count). The van der Waals surface area contributed by atoms with Crippen LogP contribution in [0, 0.1) is 30.6 Å². The maximum atomic E-state index is 9.32. The molecule has 0 aliphatic carbocycles. The fourth-order valence-corrected chi connectivity index (χ4v) is 5.68. The van der Waals surface area contributed by atoms with Gasteiger partial charge < -0.3 is 32.4 Å². The zero-order chi connectivity index (χ0) is 28.4. The highest BCUT2D eigenvalue weighted by atomic mass is 32.1. The average molecular weight is 562 g/mol. The molecule has 0 amide bonds. The molecule has 0 bridgehead atoms. The van der Waals surface area contributed by atoms with Gasteiger partial charge in [0, 0.05) is 39.5 Å². The zero-order valence-electron chi connectivity index (χ0n) is 21.7. The number of rotatable bonds is 2. The molecule has 3 aromatic carbocycles. The normalized spacial score (nSPS) is 16.8. The second-order valence-electron chi connectivity index (χ2n) is 9.40. The predicted octanol–water partition coefficient (Wildman–Crippen LogP) is 6.09. The van der Waals surface area contributed by atoms with Crippen LogP contribution < -0.4 is 32.4 Å². The van der Waals surface area contributed by atoms with E-state index in [0.29, 0.717) is 34.0 Å². The minimum Gasteiger partial charge on any atom is -0.440 e. The molecule has 1 aromatic heterocycles. The van der Waals surface area contributed by atoms with Crippen molar-refractivity contribution < 1.29 is 9.47 Å². The van der Waals surface area contributed by atoms with Crippen molar-refractivity contribution in [3.8, 4) is 29.9 Å². The molecule has 2 unspecified atom stereocenters. The maximum Gasteiger partial charge on any atom is 0.205 e. The molecule has 0 spiro atoms. The lowest BCUT2D eigenvalue weighted by atomic mass is 9.83. The average Bonchev–Trinajstić information content (AvgIpc) is 3.47. The summed E-state index contributed by atoms with van der Waals surface area (Å²) in [6.07, 6.45) is 5.65. The number of hydrogen-bond acceptors (Lipinski definition) is 8. The first-order chi connectivity index (χ1) is 19.3. The highest BCUT2D eigenvalue weighted by Gasteiger charge is 2.31. The third-order valence-electron chi connectivity index (χ3n) is 6.76. The Kier molecular flexibility index (Phi) is 8.28. The molecule has 3 heterocycles. The van der Waals surface area contributed by atoms with Crippen LogP contribution in [0.5, 0.6) is 11.5 Å². The Labute approximate surface area is 244 Å². The van der Waals surface area contributed by atoms with Crippen LogP contribution in [0.3, 0.4) is 0 Å². The number of aryl methyl sites for hydroxylation is 1. The lowest BCUT2D eigenvalue weighted by Gasteiger charge is -2.27. The minimum absolute atomic E-state index is 0. The number of anilines is 2. The molecule has 2 aliphatic heterocycles. The molecular formula is C33H31N5O2S. The molecule has 0 radical (unpaired) electrons. The number of thiophene rings is 1. The fourth-order valence-electron chi connectivity index (χ4n) is 4.83. The van der Waals surface area contributed by atoms with Gasteiger partial charge in [-0.05, 0) is 36.1 Å². The molecule has 2 aliphatic rings. The van der Waals surface area contributed by atoms with Crippen LogP contribution >= 0.6 is 11.3 Å². The molecule has 0 saturated carbocycles. The smallest absolute Gasteiger partial charge is 0.205 e. The topological polar surface area (TPSA) is 146 Å². The Balaban J connectivity index is 0.000000185. The van der Waals surface area contributed by atoms with Crippen molar-refractivity contribution in [2.75, 3.05) is 11.5 Å². The lowest BCUT2D eigenvalue weighted by molar-refractivity contribution is 0.394. The van der Waals surface area contributed by atoms with Crippen molar-refractivity contribution in [2.45, 2.75) is 26.2 Å². The summed E-state index contributed by atoms with van der Waals surface area (Å²) in [6, 6.07) is 25.3. The lowest BCUT2D eigenvalue weighted by Crippen LogP contribution is -2.21. The molecule has 8 N–H and O–H groups in total. The van der Waals surface area contributed by atoms with Gasteiger partial charge in [-0.15, -0.1) is 17.8 Å². The quantitative estimate of drug-likeness (QED) is 0.171. The van der Waals surface area contributed by atoms with E-state index >= 15 is 0 Å². The van der Waals surface area contributed by atoms with Gasteiger partial charge in [-0.2, -0.15) is 5.26 Å². The number of fused-ring (bicyclic) bond motifs is 2. The molecule has 8 heteroatoms. The van der Waals surface area contributed by atoms with Gasteiger partial charge in [0.2, 0.25) is 11.8 Å². The van der Waals surface area contributed by atoms with Crippen LogP contribution in [-0.2, 0) is 0 Å². The van der Waals surface area contributed by atoms with E-state index in [1.807, 2.05) is 35.7 Å². The van der Waals surface area contributed by atoms with Gasteiger partial charge in [0.15, 0.2) is 0 Å². The van der Waals surface area contributed by atoms with Crippen LogP contribution in [0.4, 0.5) is 11.4 Å². The van der Waals surface area contributed by atoms with E-state index in [4.69, 9.17) is 38.8 Å². The number of hydrogen-bond donors (Lipinski definition) is 4. The van der Waals surface area contributed by atoms with Crippen LogP contribution in [0.1, 0.15) is 46.4 Å². The largest absolute Gasteiger partial charge is 0.440 e. The van der Waals surface area contributed by atoms with Crippen molar-refractivity contribution in [1.29, 1.82) is 5.26 Å². The summed E-state index contributed by atoms with van der Waals surface area (Å²) in [5, 5.41) is 11.3. The summed E-state index contributed by atoms with van der Waals surface area (Å²) in [4.78, 5) is 1.06. The number of nitrogens with zero attached hydrogens (tertiary/aromatic N) is 1. The summed E-state index contributed by atoms with van der Waals surface area (Å²) in [5.41, 5.74) is 29.9. The van der Waals surface area contributed by atoms with Gasteiger partial charge in [0.25, 0.3) is 0 Å². The summed E-state index contributed by atoms with van der Waals surface area (Å²) in [5.74, 6) is 4.10. The van der Waals surface area contributed by atoms with E-state index in [1.165, 1.54) is 5.56 Å². The third kappa shape index (κ3) is 5.56. The molecule has 2 atom stereocenters. The molecule has 41 heavy (non-hydrogen) atoms. The first-order valence-electron chi connectivity index (χ1n) is 12.4. The summed E-state index contributed by atoms with van der Waals surface area (Å²) >= 11 is 1.59. The van der Waals surface area contributed by atoms with E-state index in [0.717, 1.165) is 21.6 Å². The second kappa shape index (κ2) is 11.8. The summed E-state index contributed by atoms with van der Waals surface area (Å²) < 4.78 is 11.1. The van der Waals surface area contributed by atoms with Crippen LogP contribution in [-0.4, -0.2) is 0 Å². The van der Waals surface area contributed by atoms with Crippen molar-refractivity contribution in [2.24, 2.45) is 11.5 Å². The molecule has 0 saturated heterocycles. The third-order valence-corrected chi connectivity index (χ3v) is 7.70. The first-order valence-corrected chi connectivity index (χ1v) is 13.3. The number of nitriles is 1. The van der Waals surface area contributed by atoms with E-state index in [-0.39, 0.29) is 31.0 Å².